The summed E-state index contributed by atoms with van der Waals surface area (Å²) in [7, 11) is 3.16. The fourth-order valence-electron chi connectivity index (χ4n) is 2.52. The van der Waals surface area contributed by atoms with Crippen LogP contribution in [0.4, 0.5) is 15.9 Å². The molecule has 1 heterocycles. The lowest BCUT2D eigenvalue weighted by atomic mass is 10.2. The van der Waals surface area contributed by atoms with Gasteiger partial charge in [-0.25, -0.2) is 14.4 Å². The van der Waals surface area contributed by atoms with Gasteiger partial charge in [0, 0.05) is 18.6 Å². The molecule has 0 radical (unpaired) electrons. The summed E-state index contributed by atoms with van der Waals surface area (Å²) in [6.07, 6.45) is 1.42. The number of ether oxygens (including phenoxy) is 3. The zero-order valence-electron chi connectivity index (χ0n) is 15.3. The Kier molecular flexibility index (Phi) is 7.15. The molecule has 0 amide bonds. The number of hydrogen-bond acceptors (Lipinski definition) is 6. The van der Waals surface area contributed by atoms with E-state index in [2.05, 4.69) is 15.3 Å². The van der Waals surface area contributed by atoms with E-state index in [1.54, 1.807) is 32.4 Å². The second-order valence-corrected chi connectivity index (χ2v) is 5.69. The van der Waals surface area contributed by atoms with Crippen LogP contribution in [0.1, 0.15) is 5.56 Å². The van der Waals surface area contributed by atoms with E-state index in [0.717, 1.165) is 5.56 Å². The summed E-state index contributed by atoms with van der Waals surface area (Å²) in [4.78, 5) is 8.51. The molecule has 1 aromatic heterocycles. The fourth-order valence-corrected chi connectivity index (χ4v) is 2.52. The number of aromatic nitrogens is 2. The fraction of sp³-hybridized carbons (Fsp3) is 0.263. The number of fused-ring (bicyclic) bond motifs is 1. The molecule has 0 bridgehead atoms. The Morgan fingerprint density at radius 1 is 1.04 bits per heavy atom. The van der Waals surface area contributed by atoms with E-state index >= 15 is 0 Å². The molecule has 0 aliphatic carbocycles. The van der Waals surface area contributed by atoms with E-state index < -0.39 is 0 Å². The minimum atomic E-state index is -0.344. The van der Waals surface area contributed by atoms with Gasteiger partial charge in [-0.3, -0.25) is 0 Å². The van der Waals surface area contributed by atoms with Gasteiger partial charge in [0.1, 0.15) is 24.6 Å². The lowest BCUT2D eigenvalue weighted by Gasteiger charge is -2.14. The maximum absolute atomic E-state index is 14.2. The molecule has 0 spiro atoms. The van der Waals surface area contributed by atoms with Gasteiger partial charge in [-0.1, -0.05) is 6.07 Å². The Morgan fingerprint density at radius 3 is 2.56 bits per heavy atom. The highest BCUT2D eigenvalue weighted by Crippen LogP contribution is 2.35. The lowest BCUT2D eigenvalue weighted by molar-refractivity contribution is 0.144. The molecule has 1 N–H and O–H groups in total. The van der Waals surface area contributed by atoms with Crippen molar-refractivity contribution >= 4 is 34.8 Å². The Bertz CT molecular complexity index is 924. The highest BCUT2D eigenvalue weighted by atomic mass is 35.5. The van der Waals surface area contributed by atoms with Gasteiger partial charge in [0.25, 0.3) is 0 Å². The average molecular weight is 394 g/mol. The van der Waals surface area contributed by atoms with Crippen molar-refractivity contribution in [1.29, 1.82) is 0 Å². The molecule has 3 rings (SSSR count). The number of rotatable bonds is 7. The van der Waals surface area contributed by atoms with Gasteiger partial charge in [0.05, 0.1) is 24.9 Å². The van der Waals surface area contributed by atoms with Crippen molar-refractivity contribution in [3.05, 3.63) is 48.0 Å². The minimum absolute atomic E-state index is 0. The average Bonchev–Trinajstić information content (AvgIpc) is 2.64. The number of aryl methyl sites for hydroxylation is 1. The summed E-state index contributed by atoms with van der Waals surface area (Å²) >= 11 is 0. The van der Waals surface area contributed by atoms with Crippen molar-refractivity contribution in [3.8, 4) is 11.5 Å². The SMILES string of the molecule is COCCOc1cc2ncnc(Nc3ccc(C)cc3F)c2cc1OC.Cl. The van der Waals surface area contributed by atoms with E-state index in [1.165, 1.54) is 12.4 Å². The Labute approximate surface area is 163 Å². The van der Waals surface area contributed by atoms with Gasteiger partial charge in [-0.2, -0.15) is 0 Å². The molecule has 0 fully saturated rings. The van der Waals surface area contributed by atoms with E-state index in [9.17, 15) is 4.39 Å². The predicted molar refractivity (Wildman–Crippen MR) is 105 cm³/mol. The van der Waals surface area contributed by atoms with Gasteiger partial charge in [0.2, 0.25) is 0 Å². The maximum Gasteiger partial charge on any atom is 0.163 e. The van der Waals surface area contributed by atoms with Crippen LogP contribution in [-0.2, 0) is 4.74 Å². The summed E-state index contributed by atoms with van der Waals surface area (Å²) < 4.78 is 30.2. The van der Waals surface area contributed by atoms with Crippen LogP contribution in [0.2, 0.25) is 0 Å². The van der Waals surface area contributed by atoms with Crippen LogP contribution in [-0.4, -0.2) is 37.4 Å². The molecule has 0 unspecified atom stereocenters. The quantitative estimate of drug-likeness (QED) is 0.604. The highest BCUT2D eigenvalue weighted by molar-refractivity contribution is 5.93. The van der Waals surface area contributed by atoms with Gasteiger partial charge in [-0.15, -0.1) is 12.4 Å². The van der Waals surface area contributed by atoms with Crippen molar-refractivity contribution < 1.29 is 18.6 Å². The summed E-state index contributed by atoms with van der Waals surface area (Å²) in [5, 5.41) is 3.72. The van der Waals surface area contributed by atoms with Crippen molar-refractivity contribution in [2.45, 2.75) is 6.92 Å². The van der Waals surface area contributed by atoms with Gasteiger partial charge >= 0.3 is 0 Å². The van der Waals surface area contributed by atoms with E-state index in [1.807, 2.05) is 13.0 Å². The Balaban J connectivity index is 0.00000261. The molecule has 0 aliphatic heterocycles. The van der Waals surface area contributed by atoms with Crippen molar-refractivity contribution in [1.82, 2.24) is 9.97 Å². The topological polar surface area (TPSA) is 65.5 Å². The first-order chi connectivity index (χ1) is 12.6. The first kappa shape index (κ1) is 20.7. The van der Waals surface area contributed by atoms with E-state index in [-0.39, 0.29) is 18.2 Å². The molecule has 0 atom stereocenters. The second-order valence-electron chi connectivity index (χ2n) is 5.69. The number of nitrogens with zero attached hydrogens (tertiary/aromatic N) is 2. The standard InChI is InChI=1S/C19H20FN3O3.ClH/c1-12-4-5-15(14(20)8-12)23-19-13-9-17(25-3)18(26-7-6-24-2)10-16(13)21-11-22-19;/h4-5,8-11H,6-7H2,1-3H3,(H,21,22,23);1H. The number of nitrogens with one attached hydrogen (secondary N) is 1. The largest absolute Gasteiger partial charge is 0.493 e. The third-order valence-corrected chi connectivity index (χ3v) is 3.84. The van der Waals surface area contributed by atoms with Crippen LogP contribution < -0.4 is 14.8 Å². The Morgan fingerprint density at radius 2 is 1.85 bits per heavy atom. The molecule has 0 saturated carbocycles. The molecule has 6 nitrogen and oxygen atoms in total. The number of methoxy groups -OCH3 is 2. The molecular formula is C19H21ClFN3O3. The van der Waals surface area contributed by atoms with Crippen molar-refractivity contribution in [2.75, 3.05) is 32.8 Å². The number of halogens is 2. The molecule has 3 aromatic rings. The molecule has 8 heteroatoms. The maximum atomic E-state index is 14.2. The molecule has 144 valence electrons. The first-order valence-electron chi connectivity index (χ1n) is 8.10. The van der Waals surface area contributed by atoms with Crippen LogP contribution in [0.5, 0.6) is 11.5 Å². The highest BCUT2D eigenvalue weighted by Gasteiger charge is 2.13. The lowest BCUT2D eigenvalue weighted by Crippen LogP contribution is -2.06. The molecule has 0 saturated heterocycles. The Hall–Kier alpha value is -2.64. The third kappa shape index (κ3) is 4.75. The third-order valence-electron chi connectivity index (χ3n) is 3.84. The second kappa shape index (κ2) is 9.34. The summed E-state index contributed by atoms with van der Waals surface area (Å²) in [5.74, 6) is 1.24. The molecule has 27 heavy (non-hydrogen) atoms. The molecule has 2 aromatic carbocycles. The summed E-state index contributed by atoms with van der Waals surface area (Å²) in [6, 6.07) is 8.51. The number of anilines is 2. The van der Waals surface area contributed by atoms with E-state index in [4.69, 9.17) is 14.2 Å². The van der Waals surface area contributed by atoms with E-state index in [0.29, 0.717) is 47.1 Å². The van der Waals surface area contributed by atoms with Crippen LogP contribution in [0, 0.1) is 12.7 Å². The summed E-state index contributed by atoms with van der Waals surface area (Å²) in [5.41, 5.74) is 1.85. The van der Waals surface area contributed by atoms with Gasteiger partial charge in [0.15, 0.2) is 11.5 Å². The summed E-state index contributed by atoms with van der Waals surface area (Å²) in [6.45, 7) is 2.69. The van der Waals surface area contributed by atoms with Crippen LogP contribution in [0.15, 0.2) is 36.7 Å². The van der Waals surface area contributed by atoms with Gasteiger partial charge in [-0.05, 0) is 30.7 Å². The molecule has 0 aliphatic rings. The normalized spacial score (nSPS) is 10.4. The number of hydrogen-bond donors (Lipinski definition) is 1. The van der Waals surface area contributed by atoms with Crippen LogP contribution in [0.3, 0.4) is 0 Å². The van der Waals surface area contributed by atoms with Crippen molar-refractivity contribution in [3.63, 3.8) is 0 Å². The van der Waals surface area contributed by atoms with Crippen LogP contribution in [0.25, 0.3) is 10.9 Å². The predicted octanol–water partition coefficient (Wildman–Crippen LogP) is 4.28. The first-order valence-corrected chi connectivity index (χ1v) is 8.10. The monoisotopic (exact) mass is 393 g/mol. The zero-order chi connectivity index (χ0) is 18.5. The zero-order valence-corrected chi connectivity index (χ0v) is 16.1. The minimum Gasteiger partial charge on any atom is -0.493 e. The van der Waals surface area contributed by atoms with Crippen LogP contribution >= 0.6 is 12.4 Å². The van der Waals surface area contributed by atoms with Gasteiger partial charge < -0.3 is 19.5 Å². The smallest absolute Gasteiger partial charge is 0.163 e. The molecular weight excluding hydrogens is 373 g/mol. The number of benzene rings is 2. The van der Waals surface area contributed by atoms with Crippen molar-refractivity contribution in [2.24, 2.45) is 0 Å².